The molecule has 0 N–H and O–H groups in total. The van der Waals surface area contributed by atoms with Gasteiger partial charge in [0.05, 0.1) is 32.5 Å². The van der Waals surface area contributed by atoms with Crippen LogP contribution in [0.15, 0.2) is 91.0 Å². The van der Waals surface area contributed by atoms with Gasteiger partial charge in [0.1, 0.15) is 24.6 Å². The minimum atomic E-state index is -0.548. The molecule has 0 radical (unpaired) electrons. The highest BCUT2D eigenvalue weighted by Gasteiger charge is 2.40. The van der Waals surface area contributed by atoms with Crippen LogP contribution in [0, 0.1) is 0 Å². The summed E-state index contributed by atoms with van der Waals surface area (Å²) in [4.78, 5) is 11.6. The summed E-state index contributed by atoms with van der Waals surface area (Å²) >= 11 is 0. The standard InChI is InChI=1S/C28H30O5/c29-17-25-16-26(31-19-23-12-6-2-7-13-23)28(32-20-24-14-8-3-9-15-24)27(33-25)21-30-18-22-10-4-1-5-11-22/h1-15,17,25-28H,16,18-21H2/t25-,26-,27-,28+/m1/s1. The van der Waals surface area contributed by atoms with E-state index in [9.17, 15) is 4.79 Å². The molecule has 0 amide bonds. The van der Waals surface area contributed by atoms with Gasteiger partial charge in [0.15, 0.2) is 0 Å². The minimum Gasteiger partial charge on any atom is -0.374 e. The number of aldehydes is 1. The molecular formula is C28H30O5. The highest BCUT2D eigenvalue weighted by Crippen LogP contribution is 2.27. The molecule has 3 aromatic carbocycles. The van der Waals surface area contributed by atoms with Gasteiger partial charge in [-0.15, -0.1) is 0 Å². The molecule has 1 aliphatic heterocycles. The van der Waals surface area contributed by atoms with E-state index in [0.29, 0.717) is 32.8 Å². The topological polar surface area (TPSA) is 54.0 Å². The SMILES string of the molecule is O=C[C@H]1C[C@@H](OCc2ccccc2)[C@H](OCc2ccccc2)[C@@H](COCc2ccccc2)O1. The van der Waals surface area contributed by atoms with Gasteiger partial charge in [0.25, 0.3) is 0 Å². The summed E-state index contributed by atoms with van der Waals surface area (Å²) in [7, 11) is 0. The molecule has 0 unspecified atom stereocenters. The van der Waals surface area contributed by atoms with Crippen molar-refractivity contribution in [2.45, 2.75) is 50.7 Å². The lowest BCUT2D eigenvalue weighted by atomic mass is 9.97. The predicted octanol–water partition coefficient (Wildman–Crippen LogP) is 4.73. The summed E-state index contributed by atoms with van der Waals surface area (Å²) in [5.41, 5.74) is 3.23. The zero-order chi connectivity index (χ0) is 22.7. The molecule has 172 valence electrons. The van der Waals surface area contributed by atoms with Crippen molar-refractivity contribution in [1.82, 2.24) is 0 Å². The molecule has 3 aromatic rings. The van der Waals surface area contributed by atoms with E-state index in [1.54, 1.807) is 0 Å². The molecule has 1 aliphatic rings. The third-order valence-electron chi connectivity index (χ3n) is 5.68. The first-order chi connectivity index (χ1) is 16.3. The Bertz CT molecular complexity index is 948. The second kappa shape index (κ2) is 12.4. The van der Waals surface area contributed by atoms with E-state index in [1.807, 2.05) is 91.0 Å². The van der Waals surface area contributed by atoms with E-state index in [0.717, 1.165) is 23.0 Å². The Morgan fingerprint density at radius 1 is 0.727 bits per heavy atom. The Morgan fingerprint density at radius 3 is 1.79 bits per heavy atom. The molecule has 1 fully saturated rings. The van der Waals surface area contributed by atoms with Crippen LogP contribution in [0.2, 0.25) is 0 Å². The van der Waals surface area contributed by atoms with Gasteiger partial charge in [-0.2, -0.15) is 0 Å². The van der Waals surface area contributed by atoms with E-state index in [1.165, 1.54) is 0 Å². The second-order valence-corrected chi connectivity index (χ2v) is 8.18. The van der Waals surface area contributed by atoms with Gasteiger partial charge in [-0.1, -0.05) is 91.0 Å². The Hall–Kier alpha value is -2.83. The number of hydrogen-bond donors (Lipinski definition) is 0. The number of benzene rings is 3. The average molecular weight is 447 g/mol. The molecule has 0 spiro atoms. The summed E-state index contributed by atoms with van der Waals surface area (Å²) in [6.45, 7) is 1.65. The van der Waals surface area contributed by atoms with Crippen molar-refractivity contribution in [2.75, 3.05) is 6.61 Å². The van der Waals surface area contributed by atoms with Crippen LogP contribution in [0.4, 0.5) is 0 Å². The molecule has 5 heteroatoms. The molecule has 0 aliphatic carbocycles. The molecule has 4 rings (SSSR count). The van der Waals surface area contributed by atoms with Crippen molar-refractivity contribution in [2.24, 2.45) is 0 Å². The fourth-order valence-electron chi connectivity index (χ4n) is 3.97. The number of rotatable bonds is 11. The van der Waals surface area contributed by atoms with Crippen LogP contribution in [-0.4, -0.2) is 37.3 Å². The quantitative estimate of drug-likeness (QED) is 0.399. The summed E-state index contributed by atoms with van der Waals surface area (Å²) in [6.07, 6.45) is -0.319. The summed E-state index contributed by atoms with van der Waals surface area (Å²) < 4.78 is 24.6. The van der Waals surface area contributed by atoms with Crippen molar-refractivity contribution < 1.29 is 23.7 Å². The van der Waals surface area contributed by atoms with Crippen LogP contribution in [0.1, 0.15) is 23.1 Å². The lowest BCUT2D eigenvalue weighted by Crippen LogP contribution is -2.52. The van der Waals surface area contributed by atoms with Crippen molar-refractivity contribution in [3.8, 4) is 0 Å². The third-order valence-corrected chi connectivity index (χ3v) is 5.68. The van der Waals surface area contributed by atoms with Crippen LogP contribution in [0.25, 0.3) is 0 Å². The number of ether oxygens (including phenoxy) is 4. The number of carbonyl (C=O) groups excluding carboxylic acids is 1. The first-order valence-electron chi connectivity index (χ1n) is 11.4. The lowest BCUT2D eigenvalue weighted by Gasteiger charge is -2.40. The van der Waals surface area contributed by atoms with Crippen molar-refractivity contribution in [3.05, 3.63) is 108 Å². The molecule has 0 bridgehead atoms. The largest absolute Gasteiger partial charge is 0.374 e. The Morgan fingerprint density at radius 2 is 1.24 bits per heavy atom. The van der Waals surface area contributed by atoms with Gasteiger partial charge in [-0.25, -0.2) is 0 Å². The lowest BCUT2D eigenvalue weighted by molar-refractivity contribution is -0.215. The zero-order valence-electron chi connectivity index (χ0n) is 18.6. The van der Waals surface area contributed by atoms with Gasteiger partial charge < -0.3 is 23.7 Å². The van der Waals surface area contributed by atoms with Crippen molar-refractivity contribution >= 4 is 6.29 Å². The highest BCUT2D eigenvalue weighted by atomic mass is 16.6. The van der Waals surface area contributed by atoms with E-state index >= 15 is 0 Å². The molecule has 4 atom stereocenters. The van der Waals surface area contributed by atoms with Crippen molar-refractivity contribution in [1.29, 1.82) is 0 Å². The van der Waals surface area contributed by atoms with Gasteiger partial charge in [-0.05, 0) is 16.7 Å². The molecule has 1 heterocycles. The molecule has 0 saturated carbocycles. The number of carbonyl (C=O) groups is 1. The molecule has 1 saturated heterocycles. The first-order valence-corrected chi connectivity index (χ1v) is 11.4. The van der Waals surface area contributed by atoms with Crippen LogP contribution >= 0.6 is 0 Å². The van der Waals surface area contributed by atoms with Crippen LogP contribution in [0.3, 0.4) is 0 Å². The fourth-order valence-corrected chi connectivity index (χ4v) is 3.97. The summed E-state index contributed by atoms with van der Waals surface area (Å²) in [5, 5.41) is 0. The van der Waals surface area contributed by atoms with Crippen LogP contribution in [-0.2, 0) is 43.6 Å². The maximum absolute atomic E-state index is 11.6. The van der Waals surface area contributed by atoms with E-state index in [4.69, 9.17) is 18.9 Å². The Labute approximate surface area is 195 Å². The number of hydrogen-bond acceptors (Lipinski definition) is 5. The van der Waals surface area contributed by atoms with E-state index in [2.05, 4.69) is 0 Å². The maximum Gasteiger partial charge on any atom is 0.148 e. The first kappa shape index (κ1) is 23.3. The van der Waals surface area contributed by atoms with E-state index < -0.39 is 12.2 Å². The van der Waals surface area contributed by atoms with Gasteiger partial charge in [0, 0.05) is 6.42 Å². The van der Waals surface area contributed by atoms with Crippen molar-refractivity contribution in [3.63, 3.8) is 0 Å². The van der Waals surface area contributed by atoms with Gasteiger partial charge in [0.2, 0.25) is 0 Å². The maximum atomic E-state index is 11.6. The zero-order valence-corrected chi connectivity index (χ0v) is 18.6. The molecular weight excluding hydrogens is 416 g/mol. The third kappa shape index (κ3) is 7.07. The van der Waals surface area contributed by atoms with Crippen LogP contribution in [0.5, 0.6) is 0 Å². The monoisotopic (exact) mass is 446 g/mol. The molecule has 0 aromatic heterocycles. The van der Waals surface area contributed by atoms with Gasteiger partial charge in [-0.3, -0.25) is 0 Å². The molecule has 33 heavy (non-hydrogen) atoms. The van der Waals surface area contributed by atoms with E-state index in [-0.39, 0.29) is 12.2 Å². The molecule has 5 nitrogen and oxygen atoms in total. The normalized spacial score (nSPS) is 22.7. The fraction of sp³-hybridized carbons (Fsp3) is 0.321. The minimum absolute atomic E-state index is 0.289. The van der Waals surface area contributed by atoms with Gasteiger partial charge >= 0.3 is 0 Å². The average Bonchev–Trinajstić information content (AvgIpc) is 2.88. The summed E-state index contributed by atoms with van der Waals surface area (Å²) in [6, 6.07) is 30.0. The van der Waals surface area contributed by atoms with Crippen LogP contribution < -0.4 is 0 Å². The Kier molecular flexibility index (Phi) is 8.78. The predicted molar refractivity (Wildman–Crippen MR) is 125 cm³/mol. The summed E-state index contributed by atoms with van der Waals surface area (Å²) in [5.74, 6) is 0. The highest BCUT2D eigenvalue weighted by molar-refractivity contribution is 5.56. The Balaban J connectivity index is 1.45. The smallest absolute Gasteiger partial charge is 0.148 e. The second-order valence-electron chi connectivity index (χ2n) is 8.18.